The van der Waals surface area contributed by atoms with Gasteiger partial charge in [0.15, 0.2) is 0 Å². The average Bonchev–Trinajstić information content (AvgIpc) is 2.56. The summed E-state index contributed by atoms with van der Waals surface area (Å²) >= 11 is 11.5. The second-order valence-corrected chi connectivity index (χ2v) is 3.05. The van der Waals surface area contributed by atoms with Crippen molar-refractivity contribution in [2.45, 2.75) is 0 Å². The molecule has 65 valence electrons. The van der Waals surface area contributed by atoms with Gasteiger partial charge in [-0.15, -0.1) is 5.10 Å². The minimum atomic E-state index is 0.389. The van der Waals surface area contributed by atoms with E-state index in [9.17, 15) is 0 Å². The minimum absolute atomic E-state index is 0.389. The number of halogens is 2. The van der Waals surface area contributed by atoms with E-state index in [4.69, 9.17) is 23.2 Å². The summed E-state index contributed by atoms with van der Waals surface area (Å²) in [5, 5.41) is 11.5. The normalized spacial score (nSPS) is 10.3. The summed E-state index contributed by atoms with van der Waals surface area (Å²) in [5.41, 5.74) is 0.649. The number of rotatable bonds is 1. The molecule has 0 N–H and O–H groups in total. The van der Waals surface area contributed by atoms with Crippen LogP contribution in [-0.2, 0) is 0 Å². The Morgan fingerprint density at radius 2 is 2.15 bits per heavy atom. The van der Waals surface area contributed by atoms with Crippen molar-refractivity contribution in [3.05, 3.63) is 34.6 Å². The Balaban J connectivity index is 2.53. The molecule has 1 aromatic heterocycles. The predicted molar refractivity (Wildman–Crippen MR) is 48.0 cm³/mol. The van der Waals surface area contributed by atoms with Gasteiger partial charge >= 0.3 is 0 Å². The Kier molecular flexibility index (Phi) is 2.16. The first-order chi connectivity index (χ1) is 6.27. The van der Waals surface area contributed by atoms with E-state index in [-0.39, 0.29) is 0 Å². The van der Waals surface area contributed by atoms with E-state index in [1.54, 1.807) is 12.1 Å². The topological polar surface area (TPSA) is 43.6 Å². The van der Waals surface area contributed by atoms with Crippen LogP contribution in [0.25, 0.3) is 5.69 Å². The maximum Gasteiger partial charge on any atom is 0.143 e. The van der Waals surface area contributed by atoms with Crippen LogP contribution in [0.4, 0.5) is 0 Å². The van der Waals surface area contributed by atoms with Gasteiger partial charge in [-0.25, -0.2) is 0 Å². The number of hydrogen-bond acceptors (Lipinski definition) is 3. The molecule has 0 saturated carbocycles. The fourth-order valence-electron chi connectivity index (χ4n) is 0.884. The highest BCUT2D eigenvalue weighted by atomic mass is 35.5. The van der Waals surface area contributed by atoms with Crippen molar-refractivity contribution >= 4 is 23.2 Å². The van der Waals surface area contributed by atoms with Crippen molar-refractivity contribution < 1.29 is 0 Å². The quantitative estimate of drug-likeness (QED) is 0.726. The summed E-state index contributed by atoms with van der Waals surface area (Å²) in [5.74, 6) is 0. The van der Waals surface area contributed by atoms with Crippen LogP contribution in [0.2, 0.25) is 10.0 Å². The van der Waals surface area contributed by atoms with Gasteiger partial charge in [0.25, 0.3) is 0 Å². The highest BCUT2D eigenvalue weighted by molar-refractivity contribution is 6.35. The number of hydrogen-bond donors (Lipinski definition) is 0. The van der Waals surface area contributed by atoms with Crippen LogP contribution in [0, 0.1) is 6.07 Å². The molecule has 6 heteroatoms. The summed E-state index contributed by atoms with van der Waals surface area (Å²) in [6, 6.07) is 6.13. The van der Waals surface area contributed by atoms with Crippen molar-refractivity contribution in [1.29, 1.82) is 0 Å². The molecule has 0 saturated heterocycles. The highest BCUT2D eigenvalue weighted by Crippen LogP contribution is 2.22. The third kappa shape index (κ3) is 1.64. The third-order valence-electron chi connectivity index (χ3n) is 1.44. The molecule has 2 aromatic rings. The largest absolute Gasteiger partial charge is 0.199 e. The standard InChI is InChI=1S/C7H3Cl2N4/c8-5-1-2-7(6(9)3-5)13-4-10-11-12-13/h1-2,4H. The van der Waals surface area contributed by atoms with Gasteiger partial charge in [-0.3, -0.25) is 0 Å². The average molecular weight is 214 g/mol. The Labute approximate surface area is 84.1 Å². The van der Waals surface area contributed by atoms with E-state index in [0.29, 0.717) is 15.7 Å². The Morgan fingerprint density at radius 1 is 1.31 bits per heavy atom. The summed E-state index contributed by atoms with van der Waals surface area (Å²) in [4.78, 5) is 0. The van der Waals surface area contributed by atoms with Crippen molar-refractivity contribution in [1.82, 2.24) is 20.2 Å². The van der Waals surface area contributed by atoms with Gasteiger partial charge < -0.3 is 0 Å². The summed E-state index contributed by atoms with van der Waals surface area (Å²) in [6.45, 7) is 0. The first-order valence-electron chi connectivity index (χ1n) is 3.38. The van der Waals surface area contributed by atoms with E-state index in [2.05, 4.69) is 21.6 Å². The highest BCUT2D eigenvalue weighted by Gasteiger charge is 2.04. The lowest BCUT2D eigenvalue weighted by Gasteiger charge is -2.00. The van der Waals surface area contributed by atoms with Crippen LogP contribution in [-0.4, -0.2) is 20.2 Å². The molecule has 0 aliphatic rings. The molecule has 0 aliphatic carbocycles. The maximum atomic E-state index is 5.86. The molecule has 1 aromatic carbocycles. The van der Waals surface area contributed by atoms with Gasteiger partial charge in [-0.2, -0.15) is 4.68 Å². The van der Waals surface area contributed by atoms with Crippen LogP contribution in [0.3, 0.4) is 0 Å². The van der Waals surface area contributed by atoms with E-state index in [1.165, 1.54) is 11.0 Å². The molecule has 1 radical (unpaired) electrons. The van der Waals surface area contributed by atoms with Crippen LogP contribution in [0.1, 0.15) is 0 Å². The summed E-state index contributed by atoms with van der Waals surface area (Å²) in [7, 11) is 0. The van der Waals surface area contributed by atoms with Gasteiger partial charge in [-0.1, -0.05) is 23.2 Å². The molecular formula is C7H3Cl2N4. The molecule has 1 heterocycles. The zero-order chi connectivity index (χ0) is 9.26. The van der Waals surface area contributed by atoms with Crippen molar-refractivity contribution in [3.63, 3.8) is 0 Å². The van der Waals surface area contributed by atoms with Crippen LogP contribution < -0.4 is 0 Å². The monoisotopic (exact) mass is 213 g/mol. The number of aromatic nitrogens is 4. The molecule has 4 nitrogen and oxygen atoms in total. The first-order valence-corrected chi connectivity index (χ1v) is 4.13. The van der Waals surface area contributed by atoms with Crippen LogP contribution in [0.15, 0.2) is 18.5 Å². The first kappa shape index (κ1) is 8.47. The van der Waals surface area contributed by atoms with E-state index < -0.39 is 0 Å². The van der Waals surface area contributed by atoms with Crippen molar-refractivity contribution in [3.8, 4) is 5.69 Å². The van der Waals surface area contributed by atoms with Crippen LogP contribution >= 0.6 is 23.2 Å². The van der Waals surface area contributed by atoms with E-state index >= 15 is 0 Å². The molecule has 13 heavy (non-hydrogen) atoms. The molecule has 0 fully saturated rings. The molecule has 0 atom stereocenters. The zero-order valence-corrected chi connectivity index (χ0v) is 7.79. The second kappa shape index (κ2) is 3.32. The van der Waals surface area contributed by atoms with E-state index in [0.717, 1.165) is 0 Å². The fraction of sp³-hybridized carbons (Fsp3) is 0. The fourth-order valence-corrected chi connectivity index (χ4v) is 1.34. The minimum Gasteiger partial charge on any atom is -0.199 e. The van der Waals surface area contributed by atoms with Gasteiger partial charge in [-0.05, 0) is 22.6 Å². The number of tetrazole rings is 1. The molecular weight excluding hydrogens is 211 g/mol. The number of nitrogens with zero attached hydrogens (tertiary/aromatic N) is 4. The van der Waals surface area contributed by atoms with Gasteiger partial charge in [0.1, 0.15) is 6.33 Å². The molecule has 2 rings (SSSR count). The number of benzene rings is 1. The molecule has 0 aliphatic heterocycles. The predicted octanol–water partition coefficient (Wildman–Crippen LogP) is 1.77. The lowest BCUT2D eigenvalue weighted by Crippen LogP contribution is -1.95. The smallest absolute Gasteiger partial charge is 0.143 e. The third-order valence-corrected chi connectivity index (χ3v) is 1.95. The Bertz CT molecular complexity index is 412. The van der Waals surface area contributed by atoms with Crippen LogP contribution in [0.5, 0.6) is 0 Å². The lowest BCUT2D eigenvalue weighted by molar-refractivity contribution is 0.789. The van der Waals surface area contributed by atoms with Crippen molar-refractivity contribution in [2.75, 3.05) is 0 Å². The van der Waals surface area contributed by atoms with Gasteiger partial charge in [0.2, 0.25) is 0 Å². The maximum absolute atomic E-state index is 5.86. The molecule has 0 bridgehead atoms. The lowest BCUT2D eigenvalue weighted by atomic mass is 10.3. The molecule has 0 unspecified atom stereocenters. The van der Waals surface area contributed by atoms with Gasteiger partial charge in [0.05, 0.1) is 15.7 Å². The van der Waals surface area contributed by atoms with Gasteiger partial charge in [0, 0.05) is 6.07 Å². The molecule has 0 amide bonds. The Hall–Kier alpha value is -1.13. The zero-order valence-electron chi connectivity index (χ0n) is 6.28. The SMILES string of the molecule is Clc1[c]c(Cl)c(-n2cnnn2)cc1. The molecule has 0 spiro atoms. The van der Waals surface area contributed by atoms with Crippen molar-refractivity contribution in [2.24, 2.45) is 0 Å². The Morgan fingerprint density at radius 3 is 2.77 bits per heavy atom. The summed E-state index contributed by atoms with van der Waals surface area (Å²) < 4.78 is 1.44. The summed E-state index contributed by atoms with van der Waals surface area (Å²) in [6.07, 6.45) is 1.45. The van der Waals surface area contributed by atoms with E-state index in [1.807, 2.05) is 0 Å². The second-order valence-electron chi connectivity index (χ2n) is 2.26.